The lowest BCUT2D eigenvalue weighted by Crippen LogP contribution is -2.23. The van der Waals surface area contributed by atoms with Crippen molar-refractivity contribution in [2.45, 2.75) is 19.3 Å². The van der Waals surface area contributed by atoms with E-state index in [2.05, 4.69) is 11.4 Å². The number of ether oxygens (including phenoxy) is 2. The first-order chi connectivity index (χ1) is 9.65. The van der Waals surface area contributed by atoms with Gasteiger partial charge in [0.2, 0.25) is 5.91 Å². The molecule has 0 unspecified atom stereocenters. The number of nitrogens with one attached hydrogen (secondary N) is 1. The van der Waals surface area contributed by atoms with E-state index in [9.17, 15) is 4.79 Å². The smallest absolute Gasteiger partial charge is 0.227 e. The summed E-state index contributed by atoms with van der Waals surface area (Å²) in [4.78, 5) is 12.2. The second kappa shape index (κ2) is 6.66. The Balaban J connectivity index is 2.19. The summed E-state index contributed by atoms with van der Waals surface area (Å²) in [6.45, 7) is 0. The maximum atomic E-state index is 12.2. The van der Waals surface area contributed by atoms with Crippen LogP contribution in [0.5, 0.6) is 11.5 Å². The Morgan fingerprint density at radius 3 is 2.60 bits per heavy atom. The number of allylic oxidation sites excluding steroid dienone is 2. The van der Waals surface area contributed by atoms with Crippen LogP contribution in [0.3, 0.4) is 0 Å². The lowest BCUT2D eigenvalue weighted by atomic mass is 9.93. The monoisotopic (exact) mass is 295 g/mol. The summed E-state index contributed by atoms with van der Waals surface area (Å²) in [5.41, 5.74) is 0.577. The maximum absolute atomic E-state index is 12.2. The SMILES string of the molecule is COc1cc(NC(=O)[C@@H]2CC=CCC2)c(OC)cc1Cl. The molecule has 108 valence electrons. The van der Waals surface area contributed by atoms with Crippen LogP contribution in [0.25, 0.3) is 0 Å². The first kappa shape index (κ1) is 14.7. The first-order valence-electron chi connectivity index (χ1n) is 6.53. The third kappa shape index (κ3) is 3.25. The van der Waals surface area contributed by atoms with Crippen molar-refractivity contribution in [3.63, 3.8) is 0 Å². The van der Waals surface area contributed by atoms with Crippen molar-refractivity contribution in [1.29, 1.82) is 0 Å². The maximum Gasteiger partial charge on any atom is 0.227 e. The number of halogens is 1. The molecule has 1 aliphatic rings. The summed E-state index contributed by atoms with van der Waals surface area (Å²) in [6, 6.07) is 3.31. The van der Waals surface area contributed by atoms with Crippen LogP contribution in [0.2, 0.25) is 5.02 Å². The molecule has 0 aromatic heterocycles. The fourth-order valence-corrected chi connectivity index (χ4v) is 2.46. The third-order valence-electron chi connectivity index (χ3n) is 3.37. The highest BCUT2D eigenvalue weighted by atomic mass is 35.5. The lowest BCUT2D eigenvalue weighted by molar-refractivity contribution is -0.120. The molecule has 5 heteroatoms. The van der Waals surface area contributed by atoms with Gasteiger partial charge in [-0.3, -0.25) is 4.79 Å². The average Bonchev–Trinajstić information content (AvgIpc) is 2.49. The number of carbonyl (C=O) groups excluding carboxylic acids is 1. The van der Waals surface area contributed by atoms with Crippen LogP contribution in [0.1, 0.15) is 19.3 Å². The van der Waals surface area contributed by atoms with Gasteiger partial charge in [-0.15, -0.1) is 0 Å². The normalized spacial score (nSPS) is 17.6. The number of hydrogen-bond acceptors (Lipinski definition) is 3. The molecule has 2 rings (SSSR count). The number of carbonyl (C=O) groups is 1. The zero-order valence-electron chi connectivity index (χ0n) is 11.6. The number of amides is 1. The van der Waals surface area contributed by atoms with Crippen LogP contribution in [0.15, 0.2) is 24.3 Å². The van der Waals surface area contributed by atoms with Gasteiger partial charge in [-0.2, -0.15) is 0 Å². The molecule has 1 aliphatic carbocycles. The van der Waals surface area contributed by atoms with Crippen molar-refractivity contribution >= 4 is 23.2 Å². The highest BCUT2D eigenvalue weighted by Gasteiger charge is 2.20. The molecule has 4 nitrogen and oxygen atoms in total. The van der Waals surface area contributed by atoms with E-state index >= 15 is 0 Å². The van der Waals surface area contributed by atoms with Gasteiger partial charge in [0.15, 0.2) is 0 Å². The Kier molecular flexibility index (Phi) is 4.90. The van der Waals surface area contributed by atoms with Crippen molar-refractivity contribution in [3.8, 4) is 11.5 Å². The van der Waals surface area contributed by atoms with Gasteiger partial charge < -0.3 is 14.8 Å². The predicted octanol–water partition coefficient (Wildman–Crippen LogP) is 3.65. The number of anilines is 1. The Hall–Kier alpha value is -1.68. The minimum atomic E-state index is -0.00275. The lowest BCUT2D eigenvalue weighted by Gasteiger charge is -2.19. The van der Waals surface area contributed by atoms with Crippen molar-refractivity contribution in [3.05, 3.63) is 29.3 Å². The quantitative estimate of drug-likeness (QED) is 0.863. The van der Waals surface area contributed by atoms with Gasteiger partial charge in [-0.05, 0) is 19.3 Å². The fourth-order valence-electron chi connectivity index (χ4n) is 2.22. The van der Waals surface area contributed by atoms with E-state index in [4.69, 9.17) is 21.1 Å². The van der Waals surface area contributed by atoms with Crippen LogP contribution < -0.4 is 14.8 Å². The van der Waals surface area contributed by atoms with Crippen LogP contribution >= 0.6 is 11.6 Å². The molecule has 0 fully saturated rings. The zero-order chi connectivity index (χ0) is 14.5. The van der Waals surface area contributed by atoms with Crippen molar-refractivity contribution in [2.24, 2.45) is 5.92 Å². The second-order valence-corrected chi connectivity index (χ2v) is 5.06. The molecular weight excluding hydrogens is 278 g/mol. The van der Waals surface area contributed by atoms with E-state index in [1.807, 2.05) is 6.08 Å². The molecule has 1 aromatic rings. The Labute approximate surface area is 123 Å². The molecule has 1 N–H and O–H groups in total. The van der Waals surface area contributed by atoms with Crippen LogP contribution in [-0.4, -0.2) is 20.1 Å². The third-order valence-corrected chi connectivity index (χ3v) is 3.67. The van der Waals surface area contributed by atoms with Crippen molar-refractivity contribution < 1.29 is 14.3 Å². The molecule has 0 radical (unpaired) electrons. The summed E-state index contributed by atoms with van der Waals surface area (Å²) < 4.78 is 10.4. The molecule has 0 saturated heterocycles. The molecule has 0 saturated carbocycles. The van der Waals surface area contributed by atoms with E-state index in [1.165, 1.54) is 14.2 Å². The predicted molar refractivity (Wildman–Crippen MR) is 79.7 cm³/mol. The summed E-state index contributed by atoms with van der Waals surface area (Å²) in [7, 11) is 3.07. The van der Waals surface area contributed by atoms with Gasteiger partial charge in [-0.25, -0.2) is 0 Å². The van der Waals surface area contributed by atoms with E-state index in [-0.39, 0.29) is 11.8 Å². The molecular formula is C15H18ClNO3. The largest absolute Gasteiger partial charge is 0.495 e. The van der Waals surface area contributed by atoms with Crippen LogP contribution in [0.4, 0.5) is 5.69 Å². The Bertz CT molecular complexity index is 528. The first-order valence-corrected chi connectivity index (χ1v) is 6.91. The Morgan fingerprint density at radius 2 is 2.00 bits per heavy atom. The van der Waals surface area contributed by atoms with E-state index < -0.39 is 0 Å². The van der Waals surface area contributed by atoms with Gasteiger partial charge in [0.05, 0.1) is 24.9 Å². The van der Waals surface area contributed by atoms with E-state index in [0.717, 1.165) is 19.3 Å². The molecule has 0 bridgehead atoms. The minimum absolute atomic E-state index is 0.00275. The molecule has 0 heterocycles. The zero-order valence-corrected chi connectivity index (χ0v) is 12.4. The molecule has 0 spiro atoms. The van der Waals surface area contributed by atoms with Crippen molar-refractivity contribution in [1.82, 2.24) is 0 Å². The van der Waals surface area contributed by atoms with Gasteiger partial charge in [0.1, 0.15) is 11.5 Å². The molecule has 20 heavy (non-hydrogen) atoms. The molecule has 0 aliphatic heterocycles. The average molecular weight is 296 g/mol. The van der Waals surface area contributed by atoms with Gasteiger partial charge >= 0.3 is 0 Å². The topological polar surface area (TPSA) is 47.6 Å². The van der Waals surface area contributed by atoms with E-state index in [1.54, 1.807) is 12.1 Å². The van der Waals surface area contributed by atoms with Crippen LogP contribution in [-0.2, 0) is 4.79 Å². The van der Waals surface area contributed by atoms with E-state index in [0.29, 0.717) is 22.2 Å². The van der Waals surface area contributed by atoms with Crippen LogP contribution in [0, 0.1) is 5.92 Å². The van der Waals surface area contributed by atoms with Gasteiger partial charge in [-0.1, -0.05) is 23.8 Å². The molecule has 1 aromatic carbocycles. The Morgan fingerprint density at radius 1 is 1.25 bits per heavy atom. The van der Waals surface area contributed by atoms with Gasteiger partial charge in [0, 0.05) is 18.1 Å². The number of hydrogen-bond donors (Lipinski definition) is 1. The number of methoxy groups -OCH3 is 2. The summed E-state index contributed by atoms with van der Waals surface area (Å²) in [5.74, 6) is 1.03. The molecule has 1 amide bonds. The number of benzene rings is 1. The summed E-state index contributed by atoms with van der Waals surface area (Å²) >= 11 is 6.04. The molecule has 1 atom stereocenters. The summed E-state index contributed by atoms with van der Waals surface area (Å²) in [6.07, 6.45) is 6.75. The second-order valence-electron chi connectivity index (χ2n) is 4.66. The van der Waals surface area contributed by atoms with Gasteiger partial charge in [0.25, 0.3) is 0 Å². The highest BCUT2D eigenvalue weighted by molar-refractivity contribution is 6.32. The standard InChI is InChI=1S/C15H18ClNO3/c1-19-13-9-12(14(20-2)8-11(13)16)17-15(18)10-6-4-3-5-7-10/h3-4,8-10H,5-7H2,1-2H3,(H,17,18)/t10-/m1/s1. The fraction of sp³-hybridized carbons (Fsp3) is 0.400. The summed E-state index contributed by atoms with van der Waals surface area (Å²) in [5, 5.41) is 3.34. The highest BCUT2D eigenvalue weighted by Crippen LogP contribution is 2.36. The number of rotatable bonds is 4. The minimum Gasteiger partial charge on any atom is -0.495 e. The van der Waals surface area contributed by atoms with Crippen molar-refractivity contribution in [2.75, 3.05) is 19.5 Å².